The highest BCUT2D eigenvalue weighted by Crippen LogP contribution is 2.30. The van der Waals surface area contributed by atoms with Crippen LogP contribution in [-0.4, -0.2) is 40.6 Å². The predicted molar refractivity (Wildman–Crippen MR) is 109 cm³/mol. The third kappa shape index (κ3) is 5.53. The van der Waals surface area contributed by atoms with Crippen LogP contribution in [0.1, 0.15) is 37.6 Å². The summed E-state index contributed by atoms with van der Waals surface area (Å²) >= 11 is 0. The normalized spacial score (nSPS) is 15.1. The van der Waals surface area contributed by atoms with E-state index in [4.69, 9.17) is 0 Å². The molecule has 164 valence electrons. The maximum atomic E-state index is 12.5. The topological polar surface area (TPSA) is 70.5 Å². The number of alkyl halides is 3. The van der Waals surface area contributed by atoms with Crippen molar-refractivity contribution in [3.63, 3.8) is 0 Å². The van der Waals surface area contributed by atoms with Crippen LogP contribution in [0.5, 0.6) is 5.75 Å². The fourth-order valence-corrected chi connectivity index (χ4v) is 3.40. The van der Waals surface area contributed by atoms with Gasteiger partial charge in [0.25, 0.3) is 0 Å². The molecule has 1 aliphatic rings. The number of aliphatic hydroxyl groups is 1. The molecule has 2 heterocycles. The number of fused-ring (bicyclic) bond motifs is 1. The lowest BCUT2D eigenvalue weighted by Gasteiger charge is -2.31. The molecular weight excluding hydrogens is 397 g/mol. The molecule has 0 unspecified atom stereocenters. The van der Waals surface area contributed by atoms with Crippen LogP contribution in [0.3, 0.4) is 0 Å². The molecule has 9 heteroatoms. The van der Waals surface area contributed by atoms with Crippen molar-refractivity contribution in [2.24, 2.45) is 5.92 Å². The lowest BCUT2D eigenvalue weighted by molar-refractivity contribution is -0.274. The smallest absolute Gasteiger partial charge is 0.406 e. The van der Waals surface area contributed by atoms with E-state index in [9.17, 15) is 18.3 Å². The molecule has 1 aliphatic heterocycles. The van der Waals surface area contributed by atoms with Crippen LogP contribution in [0.15, 0.2) is 24.3 Å². The third-order valence-corrected chi connectivity index (χ3v) is 5.19. The number of aliphatic hydroxyl groups excluding tert-OH is 1. The number of aryl methyl sites for hydroxylation is 1. The van der Waals surface area contributed by atoms with Crippen molar-refractivity contribution < 1.29 is 23.0 Å². The van der Waals surface area contributed by atoms with Crippen molar-refractivity contribution in [3.8, 4) is 5.75 Å². The van der Waals surface area contributed by atoms with Gasteiger partial charge >= 0.3 is 6.36 Å². The molecule has 0 saturated heterocycles. The Morgan fingerprint density at radius 3 is 2.60 bits per heavy atom. The van der Waals surface area contributed by atoms with Crippen LogP contribution in [0.4, 0.5) is 24.9 Å². The molecule has 6 nitrogen and oxygen atoms in total. The molecule has 0 saturated carbocycles. The molecule has 3 rings (SSSR count). The van der Waals surface area contributed by atoms with Crippen molar-refractivity contribution in [2.75, 3.05) is 23.4 Å². The van der Waals surface area contributed by atoms with Crippen LogP contribution in [0.25, 0.3) is 0 Å². The number of nitrogens with one attached hydrogen (secondary N) is 1. The summed E-state index contributed by atoms with van der Waals surface area (Å²) in [5.74, 6) is 1.24. The lowest BCUT2D eigenvalue weighted by Crippen LogP contribution is -2.33. The predicted octanol–water partition coefficient (Wildman–Crippen LogP) is 3.93. The van der Waals surface area contributed by atoms with Gasteiger partial charge in [-0.2, -0.15) is 4.98 Å². The standard InChI is InChI=1S/C21H27F3N4O2/c1-4-16-10-19(27-20(25-16)26-18(12-29)13(2)3)28-8-7-14-9-17(30-21(22,23)24)6-5-15(14)11-28/h5-6,9-10,13,18,29H,4,7-8,11-12H2,1-3H3,(H,25,26,27)/t18-/m1/s1. The van der Waals surface area contributed by atoms with E-state index in [1.54, 1.807) is 6.07 Å². The molecule has 1 aromatic heterocycles. The van der Waals surface area contributed by atoms with Gasteiger partial charge in [0.05, 0.1) is 12.6 Å². The summed E-state index contributed by atoms with van der Waals surface area (Å²) in [7, 11) is 0. The molecule has 0 amide bonds. The highest BCUT2D eigenvalue weighted by atomic mass is 19.4. The number of aromatic nitrogens is 2. The largest absolute Gasteiger partial charge is 0.573 e. The Labute approximate surface area is 174 Å². The number of ether oxygens (including phenoxy) is 1. The zero-order chi connectivity index (χ0) is 21.9. The summed E-state index contributed by atoms with van der Waals surface area (Å²) in [5, 5.41) is 12.8. The van der Waals surface area contributed by atoms with Crippen LogP contribution < -0.4 is 15.0 Å². The zero-order valence-electron chi connectivity index (χ0n) is 17.3. The molecule has 2 aromatic rings. The molecular formula is C21H27F3N4O2. The van der Waals surface area contributed by atoms with Crippen molar-refractivity contribution in [2.45, 2.75) is 52.6 Å². The number of halogens is 3. The second kappa shape index (κ2) is 9.07. The molecule has 0 radical (unpaired) electrons. The monoisotopic (exact) mass is 424 g/mol. The lowest BCUT2D eigenvalue weighted by atomic mass is 9.99. The summed E-state index contributed by atoms with van der Waals surface area (Å²) in [4.78, 5) is 11.2. The van der Waals surface area contributed by atoms with Crippen LogP contribution in [0.2, 0.25) is 0 Å². The molecule has 2 N–H and O–H groups in total. The van der Waals surface area contributed by atoms with Crippen molar-refractivity contribution in [1.29, 1.82) is 0 Å². The van der Waals surface area contributed by atoms with Gasteiger partial charge in [-0.3, -0.25) is 0 Å². The first-order valence-corrected chi connectivity index (χ1v) is 10.1. The first kappa shape index (κ1) is 22.1. The van der Waals surface area contributed by atoms with Gasteiger partial charge in [0.2, 0.25) is 5.95 Å². The Morgan fingerprint density at radius 1 is 1.20 bits per heavy atom. The van der Waals surface area contributed by atoms with Crippen molar-refractivity contribution in [1.82, 2.24) is 9.97 Å². The van der Waals surface area contributed by atoms with E-state index < -0.39 is 6.36 Å². The summed E-state index contributed by atoms with van der Waals surface area (Å²) in [6.07, 6.45) is -3.37. The van der Waals surface area contributed by atoms with Crippen LogP contribution >= 0.6 is 0 Å². The Hall–Kier alpha value is -2.55. The first-order chi connectivity index (χ1) is 14.2. The summed E-state index contributed by atoms with van der Waals surface area (Å²) < 4.78 is 41.4. The highest BCUT2D eigenvalue weighted by molar-refractivity contribution is 5.49. The van der Waals surface area contributed by atoms with Crippen LogP contribution in [-0.2, 0) is 19.4 Å². The van der Waals surface area contributed by atoms with Crippen LogP contribution in [0, 0.1) is 5.92 Å². The van der Waals surface area contributed by atoms with Gasteiger partial charge in [0.15, 0.2) is 0 Å². The minimum absolute atomic E-state index is 0.0217. The average molecular weight is 424 g/mol. The Morgan fingerprint density at radius 2 is 1.97 bits per heavy atom. The Bertz CT molecular complexity index is 874. The summed E-state index contributed by atoms with van der Waals surface area (Å²) in [6, 6.07) is 6.25. The van der Waals surface area contributed by atoms with Gasteiger partial charge < -0.3 is 20.1 Å². The number of rotatable bonds is 7. The molecule has 0 fully saturated rings. The molecule has 0 spiro atoms. The number of hydrogen-bond acceptors (Lipinski definition) is 6. The van der Waals surface area contributed by atoms with Crippen molar-refractivity contribution in [3.05, 3.63) is 41.1 Å². The number of anilines is 2. The van der Waals surface area contributed by atoms with Gasteiger partial charge in [0, 0.05) is 24.8 Å². The molecule has 0 aliphatic carbocycles. The number of benzene rings is 1. The maximum Gasteiger partial charge on any atom is 0.573 e. The van der Waals surface area contributed by atoms with E-state index in [1.165, 1.54) is 12.1 Å². The number of hydrogen-bond donors (Lipinski definition) is 2. The highest BCUT2D eigenvalue weighted by Gasteiger charge is 2.31. The third-order valence-electron chi connectivity index (χ3n) is 5.19. The molecule has 1 aromatic carbocycles. The van der Waals surface area contributed by atoms with E-state index >= 15 is 0 Å². The summed E-state index contributed by atoms with van der Waals surface area (Å²) in [6.45, 7) is 7.17. The Kier molecular flexibility index (Phi) is 6.70. The average Bonchev–Trinajstić information content (AvgIpc) is 2.69. The first-order valence-electron chi connectivity index (χ1n) is 10.1. The second-order valence-electron chi connectivity index (χ2n) is 7.72. The summed E-state index contributed by atoms with van der Waals surface area (Å²) in [5.41, 5.74) is 2.66. The van der Waals surface area contributed by atoms with Gasteiger partial charge in [0.1, 0.15) is 11.6 Å². The molecule has 1 atom stereocenters. The van der Waals surface area contributed by atoms with Crippen molar-refractivity contribution >= 4 is 11.8 Å². The SMILES string of the molecule is CCc1cc(N2CCc3cc(OC(F)(F)F)ccc3C2)nc(N[C@H](CO)C(C)C)n1. The van der Waals surface area contributed by atoms with Gasteiger partial charge in [-0.1, -0.05) is 26.8 Å². The fraction of sp³-hybridized carbons (Fsp3) is 0.524. The van der Waals surface area contributed by atoms with Gasteiger partial charge in [-0.15, -0.1) is 13.2 Å². The van der Waals surface area contributed by atoms with E-state index in [1.807, 2.05) is 26.8 Å². The minimum atomic E-state index is -4.70. The van der Waals surface area contributed by atoms with Gasteiger partial charge in [-0.25, -0.2) is 4.98 Å². The van der Waals surface area contributed by atoms with E-state index in [2.05, 4.69) is 24.9 Å². The Balaban J connectivity index is 1.81. The zero-order valence-corrected chi connectivity index (χ0v) is 17.3. The quantitative estimate of drug-likeness (QED) is 0.702. The molecule has 0 bridgehead atoms. The van der Waals surface area contributed by atoms with E-state index in [0.29, 0.717) is 25.5 Å². The van der Waals surface area contributed by atoms with E-state index in [0.717, 1.165) is 29.1 Å². The van der Waals surface area contributed by atoms with E-state index in [-0.39, 0.29) is 24.3 Å². The maximum absolute atomic E-state index is 12.5. The van der Waals surface area contributed by atoms with Gasteiger partial charge in [-0.05, 0) is 42.0 Å². The second-order valence-corrected chi connectivity index (χ2v) is 7.72. The minimum Gasteiger partial charge on any atom is -0.406 e. The fourth-order valence-electron chi connectivity index (χ4n) is 3.40. The molecule has 30 heavy (non-hydrogen) atoms. The number of nitrogens with zero attached hydrogens (tertiary/aromatic N) is 3.